The lowest BCUT2D eigenvalue weighted by Crippen LogP contribution is -2.05. The number of ether oxygens (including phenoxy) is 2. The molecule has 0 aliphatic rings. The number of rotatable bonds is 5. The minimum absolute atomic E-state index is 0.0225. The van der Waals surface area contributed by atoms with Crippen LogP contribution in [0.15, 0.2) is 29.8 Å². The van der Waals surface area contributed by atoms with Crippen molar-refractivity contribution in [2.45, 2.75) is 13.0 Å². The van der Waals surface area contributed by atoms with E-state index in [9.17, 15) is 0 Å². The first-order valence-electron chi connectivity index (χ1n) is 5.00. The molecule has 4 heteroatoms. The Morgan fingerprint density at radius 3 is 2.75 bits per heavy atom. The first kappa shape index (κ1) is 12.9. The van der Waals surface area contributed by atoms with Crippen LogP contribution in [-0.2, 0) is 0 Å². The Labute approximate surface area is 101 Å². The second-order valence-electron chi connectivity index (χ2n) is 3.37. The molecular weight excluding hydrogens is 226 g/mol. The number of methoxy groups -OCH3 is 1. The molecule has 1 atom stereocenters. The Hall–Kier alpha value is -1.19. The Morgan fingerprint density at radius 2 is 2.19 bits per heavy atom. The molecule has 1 aromatic carbocycles. The fraction of sp³-hybridized carbons (Fsp3) is 0.333. The lowest BCUT2D eigenvalue weighted by molar-refractivity contribution is 0.326. The number of hydrogen-bond acceptors (Lipinski definition) is 3. The maximum Gasteiger partial charge on any atom is 0.161 e. The van der Waals surface area contributed by atoms with E-state index >= 15 is 0 Å². The minimum Gasteiger partial charge on any atom is -0.493 e. The molecule has 0 fully saturated rings. The number of benzene rings is 1. The predicted molar refractivity (Wildman–Crippen MR) is 66.1 cm³/mol. The van der Waals surface area contributed by atoms with Crippen molar-refractivity contribution in [2.75, 3.05) is 13.7 Å². The number of nitrogens with two attached hydrogens (primary N) is 1. The molecule has 1 rings (SSSR count). The molecule has 0 aromatic heterocycles. The summed E-state index contributed by atoms with van der Waals surface area (Å²) in [6.07, 6.45) is 1.71. The third-order valence-electron chi connectivity index (χ3n) is 2.14. The Morgan fingerprint density at radius 1 is 1.44 bits per heavy atom. The summed E-state index contributed by atoms with van der Waals surface area (Å²) >= 11 is 5.40. The van der Waals surface area contributed by atoms with Crippen molar-refractivity contribution < 1.29 is 9.47 Å². The van der Waals surface area contributed by atoms with Crippen LogP contribution < -0.4 is 15.2 Å². The van der Waals surface area contributed by atoms with E-state index in [0.717, 1.165) is 5.56 Å². The summed E-state index contributed by atoms with van der Waals surface area (Å²) in [6, 6.07) is 5.63. The van der Waals surface area contributed by atoms with Gasteiger partial charge in [-0.15, -0.1) is 0 Å². The van der Waals surface area contributed by atoms with E-state index in [1.165, 1.54) is 5.54 Å². The summed E-state index contributed by atoms with van der Waals surface area (Å²) in [5, 5.41) is 0. The van der Waals surface area contributed by atoms with Crippen molar-refractivity contribution in [3.05, 3.63) is 35.4 Å². The molecule has 0 saturated heterocycles. The highest BCUT2D eigenvalue weighted by molar-refractivity contribution is 6.25. The van der Waals surface area contributed by atoms with E-state index < -0.39 is 0 Å². The van der Waals surface area contributed by atoms with Crippen LogP contribution in [0, 0.1) is 0 Å². The van der Waals surface area contributed by atoms with E-state index in [1.54, 1.807) is 13.2 Å². The van der Waals surface area contributed by atoms with Crippen LogP contribution >= 0.6 is 11.6 Å². The zero-order chi connectivity index (χ0) is 12.0. The van der Waals surface area contributed by atoms with Gasteiger partial charge in [-0.2, -0.15) is 0 Å². The molecule has 0 bridgehead atoms. The monoisotopic (exact) mass is 241 g/mol. The third-order valence-corrected chi connectivity index (χ3v) is 2.32. The van der Waals surface area contributed by atoms with Gasteiger partial charge in [0.25, 0.3) is 0 Å². The van der Waals surface area contributed by atoms with Crippen LogP contribution in [0.4, 0.5) is 0 Å². The largest absolute Gasteiger partial charge is 0.493 e. The molecule has 0 amide bonds. The Bertz CT molecular complexity index is 364. The molecule has 0 unspecified atom stereocenters. The standard InChI is InChI=1S/C12H16ClNO2/c1-9(14)10-4-5-11(12(8-10)15-2)16-7-3-6-13/h3-6,8-9H,7,14H2,1-2H3/t9-/m0/s1. The van der Waals surface area contributed by atoms with Crippen molar-refractivity contribution in [1.82, 2.24) is 0 Å². The van der Waals surface area contributed by atoms with Crippen LogP contribution in [0.3, 0.4) is 0 Å². The summed E-state index contributed by atoms with van der Waals surface area (Å²) in [7, 11) is 1.60. The van der Waals surface area contributed by atoms with Crippen LogP contribution in [0.2, 0.25) is 0 Å². The highest BCUT2D eigenvalue weighted by atomic mass is 35.5. The van der Waals surface area contributed by atoms with Gasteiger partial charge >= 0.3 is 0 Å². The van der Waals surface area contributed by atoms with E-state index in [4.69, 9.17) is 26.8 Å². The lowest BCUT2D eigenvalue weighted by atomic mass is 10.1. The van der Waals surface area contributed by atoms with Crippen LogP contribution in [0.5, 0.6) is 11.5 Å². The van der Waals surface area contributed by atoms with Crippen LogP contribution in [-0.4, -0.2) is 13.7 Å². The van der Waals surface area contributed by atoms with Gasteiger partial charge in [-0.3, -0.25) is 0 Å². The van der Waals surface area contributed by atoms with E-state index in [0.29, 0.717) is 18.1 Å². The number of hydrogen-bond donors (Lipinski definition) is 1. The highest BCUT2D eigenvalue weighted by Crippen LogP contribution is 2.29. The van der Waals surface area contributed by atoms with Gasteiger partial charge in [-0.25, -0.2) is 0 Å². The smallest absolute Gasteiger partial charge is 0.161 e. The van der Waals surface area contributed by atoms with Gasteiger partial charge in [-0.1, -0.05) is 17.7 Å². The lowest BCUT2D eigenvalue weighted by Gasteiger charge is -2.12. The van der Waals surface area contributed by atoms with Crippen molar-refractivity contribution in [3.63, 3.8) is 0 Å². The SMILES string of the molecule is COc1cc([C@H](C)N)ccc1OCC=CCl. The topological polar surface area (TPSA) is 44.5 Å². The van der Waals surface area contributed by atoms with Gasteiger partial charge < -0.3 is 15.2 Å². The molecule has 0 spiro atoms. The molecule has 0 aliphatic heterocycles. The maximum atomic E-state index is 5.78. The molecule has 1 aromatic rings. The average Bonchev–Trinajstić information content (AvgIpc) is 2.29. The van der Waals surface area contributed by atoms with Gasteiger partial charge in [0.1, 0.15) is 6.61 Å². The second kappa shape index (κ2) is 6.40. The van der Waals surface area contributed by atoms with E-state index in [-0.39, 0.29) is 6.04 Å². The maximum absolute atomic E-state index is 5.78. The van der Waals surface area contributed by atoms with Gasteiger partial charge in [-0.05, 0) is 30.7 Å². The fourth-order valence-electron chi connectivity index (χ4n) is 1.26. The third kappa shape index (κ3) is 3.43. The van der Waals surface area contributed by atoms with Crippen molar-refractivity contribution in [2.24, 2.45) is 5.73 Å². The summed E-state index contributed by atoms with van der Waals surface area (Å²) < 4.78 is 10.7. The highest BCUT2D eigenvalue weighted by Gasteiger charge is 2.07. The predicted octanol–water partition coefficient (Wildman–Crippen LogP) is 2.85. The van der Waals surface area contributed by atoms with Gasteiger partial charge in [0.2, 0.25) is 0 Å². The summed E-state index contributed by atoms with van der Waals surface area (Å²) in [4.78, 5) is 0. The molecule has 16 heavy (non-hydrogen) atoms. The van der Waals surface area contributed by atoms with Crippen molar-refractivity contribution >= 4 is 11.6 Å². The molecule has 0 radical (unpaired) electrons. The van der Waals surface area contributed by atoms with Crippen LogP contribution in [0.1, 0.15) is 18.5 Å². The normalized spacial score (nSPS) is 12.8. The van der Waals surface area contributed by atoms with Crippen molar-refractivity contribution in [1.29, 1.82) is 0 Å². The van der Waals surface area contributed by atoms with Gasteiger partial charge in [0, 0.05) is 11.6 Å². The van der Waals surface area contributed by atoms with Crippen molar-refractivity contribution in [3.8, 4) is 11.5 Å². The zero-order valence-electron chi connectivity index (χ0n) is 9.44. The zero-order valence-corrected chi connectivity index (χ0v) is 10.2. The molecule has 3 nitrogen and oxygen atoms in total. The first-order chi connectivity index (χ1) is 7.69. The quantitative estimate of drug-likeness (QED) is 0.862. The van der Waals surface area contributed by atoms with Gasteiger partial charge in [0.05, 0.1) is 7.11 Å². The Balaban J connectivity index is 2.84. The summed E-state index contributed by atoms with van der Waals surface area (Å²) in [5.41, 5.74) is 8.21. The second-order valence-corrected chi connectivity index (χ2v) is 3.62. The van der Waals surface area contributed by atoms with Gasteiger partial charge in [0.15, 0.2) is 11.5 Å². The number of halogens is 1. The molecule has 0 saturated carbocycles. The summed E-state index contributed by atoms with van der Waals surface area (Å²) in [6.45, 7) is 2.34. The molecule has 2 N–H and O–H groups in total. The van der Waals surface area contributed by atoms with E-state index in [2.05, 4.69) is 0 Å². The first-order valence-corrected chi connectivity index (χ1v) is 5.44. The molecule has 0 aliphatic carbocycles. The van der Waals surface area contributed by atoms with E-state index in [1.807, 2.05) is 25.1 Å². The van der Waals surface area contributed by atoms with Crippen LogP contribution in [0.25, 0.3) is 0 Å². The summed E-state index contributed by atoms with van der Waals surface area (Å²) in [5.74, 6) is 1.36. The molecule has 0 heterocycles. The molecular formula is C12H16ClNO2. The Kier molecular flexibility index (Phi) is 5.15. The minimum atomic E-state index is -0.0225. The molecule has 88 valence electrons. The fourth-order valence-corrected chi connectivity index (χ4v) is 1.33. The average molecular weight is 242 g/mol.